The lowest BCUT2D eigenvalue weighted by molar-refractivity contribution is 0.0354. The molecule has 96 valence electrons. The van der Waals surface area contributed by atoms with Gasteiger partial charge in [0.25, 0.3) is 0 Å². The molecule has 0 aliphatic rings. The highest BCUT2D eigenvalue weighted by molar-refractivity contribution is 7.16. The number of amides is 2. The highest BCUT2D eigenvalue weighted by Gasteiger charge is 2.22. The van der Waals surface area contributed by atoms with Crippen LogP contribution in [0.3, 0.4) is 0 Å². The number of hydrogen-bond acceptors (Lipinski definition) is 3. The fourth-order valence-corrected chi connectivity index (χ4v) is 2.17. The molecule has 5 heteroatoms. The van der Waals surface area contributed by atoms with Crippen molar-refractivity contribution in [2.45, 2.75) is 39.2 Å². The molecule has 0 aromatic carbocycles. The van der Waals surface area contributed by atoms with Crippen molar-refractivity contribution in [2.75, 3.05) is 11.9 Å². The van der Waals surface area contributed by atoms with Gasteiger partial charge < -0.3 is 10.4 Å². The van der Waals surface area contributed by atoms with Crippen molar-refractivity contribution in [3.63, 3.8) is 0 Å². The standard InChI is InChI=1S/C12H20N2O2S/c1-4-12(16,5-2)8-13-11(15)14-10-7-6-9(3)17-10/h6-7,16H,4-5,8H2,1-3H3,(H2,13,14,15). The molecule has 1 aromatic heterocycles. The number of hydrogen-bond donors (Lipinski definition) is 3. The Morgan fingerprint density at radius 2 is 2.06 bits per heavy atom. The van der Waals surface area contributed by atoms with Crippen molar-refractivity contribution in [3.8, 4) is 0 Å². The van der Waals surface area contributed by atoms with Crippen LogP contribution in [-0.2, 0) is 0 Å². The number of urea groups is 1. The lowest BCUT2D eigenvalue weighted by atomic mass is 9.98. The first-order valence-electron chi connectivity index (χ1n) is 5.83. The average molecular weight is 256 g/mol. The molecule has 0 radical (unpaired) electrons. The third kappa shape index (κ3) is 4.36. The van der Waals surface area contributed by atoms with E-state index in [1.165, 1.54) is 11.3 Å². The lowest BCUT2D eigenvalue weighted by Crippen LogP contribution is -2.43. The van der Waals surface area contributed by atoms with Crippen molar-refractivity contribution in [1.29, 1.82) is 0 Å². The second-order valence-electron chi connectivity index (χ2n) is 4.15. The molecular weight excluding hydrogens is 236 g/mol. The van der Waals surface area contributed by atoms with Gasteiger partial charge in [-0.05, 0) is 31.9 Å². The lowest BCUT2D eigenvalue weighted by Gasteiger charge is -2.25. The Bertz CT molecular complexity index is 372. The predicted octanol–water partition coefficient (Wildman–Crippen LogP) is 2.73. The number of carbonyl (C=O) groups is 1. The summed E-state index contributed by atoms with van der Waals surface area (Å²) in [5.74, 6) is 0. The van der Waals surface area contributed by atoms with Crippen molar-refractivity contribution in [1.82, 2.24) is 5.32 Å². The summed E-state index contributed by atoms with van der Waals surface area (Å²) in [6, 6.07) is 3.55. The van der Waals surface area contributed by atoms with Crippen LogP contribution < -0.4 is 10.6 Å². The van der Waals surface area contributed by atoms with E-state index in [9.17, 15) is 9.90 Å². The Balaban J connectivity index is 2.40. The van der Waals surface area contributed by atoms with Crippen LogP contribution >= 0.6 is 11.3 Å². The monoisotopic (exact) mass is 256 g/mol. The van der Waals surface area contributed by atoms with E-state index in [1.807, 2.05) is 32.9 Å². The summed E-state index contributed by atoms with van der Waals surface area (Å²) in [4.78, 5) is 12.7. The van der Waals surface area contributed by atoms with E-state index in [0.717, 1.165) is 9.88 Å². The first-order chi connectivity index (χ1) is 7.99. The number of anilines is 1. The summed E-state index contributed by atoms with van der Waals surface area (Å²) in [5, 5.41) is 16.3. The molecule has 4 nitrogen and oxygen atoms in total. The third-order valence-electron chi connectivity index (χ3n) is 2.87. The molecule has 0 bridgehead atoms. The summed E-state index contributed by atoms with van der Waals surface area (Å²) in [7, 11) is 0. The van der Waals surface area contributed by atoms with Crippen molar-refractivity contribution < 1.29 is 9.90 Å². The number of rotatable bonds is 5. The van der Waals surface area contributed by atoms with Gasteiger partial charge in [0.2, 0.25) is 0 Å². The molecular formula is C12H20N2O2S. The van der Waals surface area contributed by atoms with E-state index in [-0.39, 0.29) is 12.6 Å². The van der Waals surface area contributed by atoms with Gasteiger partial charge >= 0.3 is 6.03 Å². The Morgan fingerprint density at radius 1 is 1.41 bits per heavy atom. The van der Waals surface area contributed by atoms with E-state index < -0.39 is 5.60 Å². The maximum Gasteiger partial charge on any atom is 0.319 e. The summed E-state index contributed by atoms with van der Waals surface area (Å²) in [5.41, 5.74) is -0.803. The predicted molar refractivity (Wildman–Crippen MR) is 71.6 cm³/mol. The summed E-state index contributed by atoms with van der Waals surface area (Å²) >= 11 is 1.53. The topological polar surface area (TPSA) is 61.4 Å². The molecule has 17 heavy (non-hydrogen) atoms. The molecule has 1 heterocycles. The van der Waals surface area contributed by atoms with E-state index in [2.05, 4.69) is 10.6 Å². The van der Waals surface area contributed by atoms with E-state index in [1.54, 1.807) is 0 Å². The minimum Gasteiger partial charge on any atom is -0.388 e. The first kappa shape index (κ1) is 14.0. The van der Waals surface area contributed by atoms with Crippen LogP contribution in [0.4, 0.5) is 9.80 Å². The maximum atomic E-state index is 11.6. The molecule has 1 rings (SSSR count). The number of nitrogens with one attached hydrogen (secondary N) is 2. The Labute approximate surface area is 106 Å². The maximum absolute atomic E-state index is 11.6. The van der Waals surface area contributed by atoms with Gasteiger partial charge in [-0.1, -0.05) is 13.8 Å². The van der Waals surface area contributed by atoms with Crippen LogP contribution in [0.25, 0.3) is 0 Å². The summed E-state index contributed by atoms with van der Waals surface area (Å²) < 4.78 is 0. The zero-order chi connectivity index (χ0) is 12.9. The van der Waals surface area contributed by atoms with Crippen LogP contribution in [0.15, 0.2) is 12.1 Å². The SMILES string of the molecule is CCC(O)(CC)CNC(=O)Nc1ccc(C)s1. The highest BCUT2D eigenvalue weighted by atomic mass is 32.1. The van der Waals surface area contributed by atoms with Crippen molar-refractivity contribution in [2.24, 2.45) is 0 Å². The van der Waals surface area contributed by atoms with Crippen LogP contribution in [0.2, 0.25) is 0 Å². The van der Waals surface area contributed by atoms with Gasteiger partial charge in [-0.3, -0.25) is 5.32 Å². The quantitative estimate of drug-likeness (QED) is 0.758. The largest absolute Gasteiger partial charge is 0.388 e. The fraction of sp³-hybridized carbons (Fsp3) is 0.583. The molecule has 0 saturated carbocycles. The fourth-order valence-electron chi connectivity index (χ4n) is 1.40. The van der Waals surface area contributed by atoms with Crippen molar-refractivity contribution >= 4 is 22.4 Å². The number of aryl methyl sites for hydroxylation is 1. The molecule has 0 saturated heterocycles. The van der Waals surface area contributed by atoms with Crippen molar-refractivity contribution in [3.05, 3.63) is 17.0 Å². The molecule has 2 amide bonds. The molecule has 0 aliphatic heterocycles. The number of aliphatic hydroxyl groups is 1. The molecule has 0 fully saturated rings. The third-order valence-corrected chi connectivity index (χ3v) is 3.79. The Hall–Kier alpha value is -1.07. The van der Waals surface area contributed by atoms with Gasteiger partial charge in [0, 0.05) is 11.4 Å². The molecule has 0 unspecified atom stereocenters. The van der Waals surface area contributed by atoms with Gasteiger partial charge in [-0.25, -0.2) is 4.79 Å². The van der Waals surface area contributed by atoms with Gasteiger partial charge in [0.05, 0.1) is 10.6 Å². The highest BCUT2D eigenvalue weighted by Crippen LogP contribution is 2.20. The molecule has 1 aromatic rings. The molecule has 0 atom stereocenters. The van der Waals surface area contributed by atoms with Gasteiger partial charge in [0.1, 0.15) is 0 Å². The molecule has 0 aliphatic carbocycles. The number of thiophene rings is 1. The second-order valence-corrected chi connectivity index (χ2v) is 5.44. The van der Waals surface area contributed by atoms with Gasteiger partial charge in [0.15, 0.2) is 0 Å². The minimum atomic E-state index is -0.803. The van der Waals surface area contributed by atoms with E-state index in [4.69, 9.17) is 0 Å². The van der Waals surface area contributed by atoms with Gasteiger partial charge in [-0.2, -0.15) is 0 Å². The average Bonchev–Trinajstić information content (AvgIpc) is 2.72. The smallest absolute Gasteiger partial charge is 0.319 e. The zero-order valence-corrected chi connectivity index (χ0v) is 11.4. The van der Waals surface area contributed by atoms with Crippen LogP contribution in [-0.4, -0.2) is 23.3 Å². The second kappa shape index (κ2) is 6.02. The minimum absolute atomic E-state index is 0.271. The summed E-state index contributed by atoms with van der Waals surface area (Å²) in [6.07, 6.45) is 1.25. The number of carbonyl (C=O) groups excluding carboxylic acids is 1. The summed E-state index contributed by atoms with van der Waals surface area (Å²) in [6.45, 7) is 6.08. The Kier molecular flexibility index (Phi) is 4.96. The van der Waals surface area contributed by atoms with E-state index >= 15 is 0 Å². The molecule has 3 N–H and O–H groups in total. The zero-order valence-electron chi connectivity index (χ0n) is 10.5. The normalized spacial score (nSPS) is 11.3. The van der Waals surface area contributed by atoms with E-state index in [0.29, 0.717) is 12.8 Å². The molecule has 0 spiro atoms. The van der Waals surface area contributed by atoms with Crippen LogP contribution in [0.5, 0.6) is 0 Å². The Morgan fingerprint density at radius 3 is 2.53 bits per heavy atom. The van der Waals surface area contributed by atoms with Crippen LogP contribution in [0.1, 0.15) is 31.6 Å². The van der Waals surface area contributed by atoms with Gasteiger partial charge in [-0.15, -0.1) is 11.3 Å². The van der Waals surface area contributed by atoms with Crippen LogP contribution in [0, 0.1) is 6.92 Å². The first-order valence-corrected chi connectivity index (χ1v) is 6.64.